The number of rotatable bonds is 4. The van der Waals surface area contributed by atoms with Crippen LogP contribution in [0, 0.1) is 5.92 Å². The summed E-state index contributed by atoms with van der Waals surface area (Å²) < 4.78 is 5.40. The van der Waals surface area contributed by atoms with Gasteiger partial charge in [0, 0.05) is 12.1 Å². The van der Waals surface area contributed by atoms with Gasteiger partial charge in [-0.05, 0) is 37.5 Å². The van der Waals surface area contributed by atoms with Crippen molar-refractivity contribution in [2.75, 3.05) is 18.1 Å². The molecule has 1 aromatic carbocycles. The lowest BCUT2D eigenvalue weighted by atomic mass is 10.1. The van der Waals surface area contributed by atoms with Gasteiger partial charge in [0.2, 0.25) is 0 Å². The van der Waals surface area contributed by atoms with Crippen LogP contribution in [0.5, 0.6) is 5.75 Å². The van der Waals surface area contributed by atoms with E-state index in [0.29, 0.717) is 29.5 Å². The van der Waals surface area contributed by atoms with Crippen molar-refractivity contribution in [1.82, 2.24) is 0 Å². The van der Waals surface area contributed by atoms with Crippen molar-refractivity contribution < 1.29 is 14.3 Å². The zero-order valence-electron chi connectivity index (χ0n) is 11.6. The van der Waals surface area contributed by atoms with Gasteiger partial charge in [0.15, 0.2) is 12.4 Å². The molecule has 0 aromatic heterocycles. The molecule has 1 aliphatic rings. The van der Waals surface area contributed by atoms with Crippen LogP contribution < -0.4 is 9.64 Å². The summed E-state index contributed by atoms with van der Waals surface area (Å²) in [5.41, 5.74) is 1.32. The molecule has 0 saturated carbocycles. The first-order valence-electron chi connectivity index (χ1n) is 6.57. The molecule has 19 heavy (non-hydrogen) atoms. The number of anilines is 1. The molecule has 2 rings (SSSR count). The zero-order valence-corrected chi connectivity index (χ0v) is 11.6. The van der Waals surface area contributed by atoms with Crippen molar-refractivity contribution >= 4 is 17.4 Å². The quantitative estimate of drug-likeness (QED) is 0.783. The predicted octanol–water partition coefficient (Wildman–Crippen LogP) is 2.66. The third-order valence-corrected chi connectivity index (χ3v) is 3.24. The van der Waals surface area contributed by atoms with Gasteiger partial charge in [-0.1, -0.05) is 13.8 Å². The van der Waals surface area contributed by atoms with E-state index in [1.165, 1.54) is 6.92 Å². The van der Waals surface area contributed by atoms with Crippen molar-refractivity contribution in [3.8, 4) is 5.75 Å². The molecule has 1 amide bonds. The van der Waals surface area contributed by atoms with Crippen molar-refractivity contribution in [2.24, 2.45) is 5.92 Å². The van der Waals surface area contributed by atoms with Gasteiger partial charge in [0.1, 0.15) is 5.75 Å². The predicted molar refractivity (Wildman–Crippen MR) is 73.7 cm³/mol. The van der Waals surface area contributed by atoms with Crippen LogP contribution in [0.3, 0.4) is 0 Å². The third-order valence-electron chi connectivity index (χ3n) is 3.24. The molecule has 0 saturated heterocycles. The smallest absolute Gasteiger partial charge is 0.265 e. The van der Waals surface area contributed by atoms with Crippen LogP contribution in [0.1, 0.15) is 37.6 Å². The summed E-state index contributed by atoms with van der Waals surface area (Å²) in [5.74, 6) is 1.14. The Kier molecular flexibility index (Phi) is 3.88. The number of nitrogens with zero attached hydrogens (tertiary/aromatic N) is 1. The molecule has 0 fully saturated rings. The number of hydrogen-bond acceptors (Lipinski definition) is 3. The number of hydrogen-bond donors (Lipinski definition) is 0. The van der Waals surface area contributed by atoms with Crippen LogP contribution in [0.25, 0.3) is 0 Å². The van der Waals surface area contributed by atoms with Crippen molar-refractivity contribution in [1.29, 1.82) is 0 Å². The standard InChI is InChI=1S/C15H19NO3/c1-10(2)6-7-16-13-8-12(11(3)17)4-5-14(13)19-9-15(16)18/h4-5,8,10H,6-7,9H2,1-3H3. The van der Waals surface area contributed by atoms with E-state index in [9.17, 15) is 9.59 Å². The Labute approximate surface area is 113 Å². The van der Waals surface area contributed by atoms with E-state index < -0.39 is 0 Å². The maximum atomic E-state index is 12.0. The summed E-state index contributed by atoms with van der Waals surface area (Å²) >= 11 is 0. The molecule has 4 nitrogen and oxygen atoms in total. The zero-order chi connectivity index (χ0) is 14.0. The van der Waals surface area contributed by atoms with Gasteiger partial charge in [0.05, 0.1) is 5.69 Å². The van der Waals surface area contributed by atoms with Crippen LogP contribution in [0.2, 0.25) is 0 Å². The number of ether oxygens (including phenoxy) is 1. The average Bonchev–Trinajstić information content (AvgIpc) is 2.36. The number of amides is 1. The summed E-state index contributed by atoms with van der Waals surface area (Å²) in [5, 5.41) is 0. The van der Waals surface area contributed by atoms with E-state index >= 15 is 0 Å². The number of fused-ring (bicyclic) bond motifs is 1. The van der Waals surface area contributed by atoms with Crippen LogP contribution in [-0.2, 0) is 4.79 Å². The highest BCUT2D eigenvalue weighted by Crippen LogP contribution is 2.33. The lowest BCUT2D eigenvalue weighted by molar-refractivity contribution is -0.121. The first kappa shape index (κ1) is 13.6. The normalized spacial score (nSPS) is 14.3. The maximum Gasteiger partial charge on any atom is 0.265 e. The first-order chi connectivity index (χ1) is 8.99. The van der Waals surface area contributed by atoms with E-state index in [2.05, 4.69) is 13.8 Å². The van der Waals surface area contributed by atoms with Gasteiger partial charge in [-0.3, -0.25) is 9.59 Å². The Morgan fingerprint density at radius 2 is 2.16 bits per heavy atom. The largest absolute Gasteiger partial charge is 0.482 e. The Morgan fingerprint density at radius 3 is 2.79 bits per heavy atom. The van der Waals surface area contributed by atoms with Crippen LogP contribution in [0.4, 0.5) is 5.69 Å². The average molecular weight is 261 g/mol. The Hall–Kier alpha value is -1.84. The molecule has 0 aliphatic carbocycles. The molecule has 0 bridgehead atoms. The highest BCUT2D eigenvalue weighted by Gasteiger charge is 2.25. The van der Waals surface area contributed by atoms with Gasteiger partial charge in [0.25, 0.3) is 5.91 Å². The van der Waals surface area contributed by atoms with Crippen LogP contribution in [-0.4, -0.2) is 24.8 Å². The topological polar surface area (TPSA) is 46.6 Å². The summed E-state index contributed by atoms with van der Waals surface area (Å²) in [4.78, 5) is 25.1. The molecule has 0 N–H and O–H groups in total. The van der Waals surface area contributed by atoms with E-state index in [-0.39, 0.29) is 18.3 Å². The number of carbonyl (C=O) groups is 2. The number of benzene rings is 1. The maximum absolute atomic E-state index is 12.0. The molecule has 1 heterocycles. The molecular formula is C15H19NO3. The Bertz CT molecular complexity index is 508. The molecule has 0 unspecified atom stereocenters. The van der Waals surface area contributed by atoms with E-state index in [1.54, 1.807) is 23.1 Å². The highest BCUT2D eigenvalue weighted by molar-refractivity contribution is 6.01. The fourth-order valence-corrected chi connectivity index (χ4v) is 2.05. The minimum Gasteiger partial charge on any atom is -0.482 e. The monoisotopic (exact) mass is 261 g/mol. The second-order valence-electron chi connectivity index (χ2n) is 5.26. The van der Waals surface area contributed by atoms with E-state index in [1.807, 2.05) is 0 Å². The van der Waals surface area contributed by atoms with Crippen molar-refractivity contribution in [3.63, 3.8) is 0 Å². The first-order valence-corrected chi connectivity index (χ1v) is 6.57. The highest BCUT2D eigenvalue weighted by atomic mass is 16.5. The summed E-state index contributed by atoms with van der Waals surface area (Å²) in [6, 6.07) is 5.24. The Balaban J connectivity index is 2.32. The molecule has 102 valence electrons. The van der Waals surface area contributed by atoms with Gasteiger partial charge < -0.3 is 9.64 Å². The van der Waals surface area contributed by atoms with E-state index in [4.69, 9.17) is 4.74 Å². The number of ketones is 1. The van der Waals surface area contributed by atoms with E-state index in [0.717, 1.165) is 6.42 Å². The second kappa shape index (κ2) is 5.43. The summed E-state index contributed by atoms with van der Waals surface area (Å²) in [6.45, 7) is 6.50. The van der Waals surface area contributed by atoms with Gasteiger partial charge in [-0.15, -0.1) is 0 Å². The van der Waals surface area contributed by atoms with Crippen LogP contribution in [0.15, 0.2) is 18.2 Å². The number of Topliss-reactive ketones (excluding diaryl/α,β-unsaturated/α-hetero) is 1. The van der Waals surface area contributed by atoms with Crippen LogP contribution >= 0.6 is 0 Å². The second-order valence-corrected chi connectivity index (χ2v) is 5.26. The molecular weight excluding hydrogens is 242 g/mol. The van der Waals surface area contributed by atoms with Gasteiger partial charge >= 0.3 is 0 Å². The lowest BCUT2D eigenvalue weighted by Gasteiger charge is -2.30. The fourth-order valence-electron chi connectivity index (χ4n) is 2.05. The molecule has 0 radical (unpaired) electrons. The number of carbonyl (C=O) groups excluding carboxylic acids is 2. The SMILES string of the molecule is CC(=O)c1ccc2c(c1)N(CCC(C)C)C(=O)CO2. The molecule has 0 atom stereocenters. The molecule has 0 spiro atoms. The van der Waals surface area contributed by atoms with Gasteiger partial charge in [-0.2, -0.15) is 0 Å². The minimum absolute atomic E-state index is 0.00960. The van der Waals surface area contributed by atoms with Crippen molar-refractivity contribution in [3.05, 3.63) is 23.8 Å². The van der Waals surface area contributed by atoms with Crippen molar-refractivity contribution in [2.45, 2.75) is 27.2 Å². The summed E-state index contributed by atoms with van der Waals surface area (Å²) in [6.07, 6.45) is 0.926. The Morgan fingerprint density at radius 1 is 1.42 bits per heavy atom. The fraction of sp³-hybridized carbons (Fsp3) is 0.467. The molecule has 1 aromatic rings. The third kappa shape index (κ3) is 2.95. The molecule has 4 heteroatoms. The van der Waals surface area contributed by atoms with Gasteiger partial charge in [-0.25, -0.2) is 0 Å². The minimum atomic E-state index is -0.0474. The lowest BCUT2D eigenvalue weighted by Crippen LogP contribution is -2.39. The molecule has 1 aliphatic heterocycles. The summed E-state index contributed by atoms with van der Waals surface area (Å²) in [7, 11) is 0.